The molecule has 0 saturated carbocycles. The lowest BCUT2D eigenvalue weighted by Gasteiger charge is -2.15. The molecule has 0 aliphatic rings. The third kappa shape index (κ3) is 6.80. The Labute approximate surface area is 208 Å². The van der Waals surface area contributed by atoms with Crippen LogP contribution in [0.1, 0.15) is 45.1 Å². The predicted octanol–water partition coefficient (Wildman–Crippen LogP) is 3.78. The highest BCUT2D eigenvalue weighted by atomic mass is 32.2. The predicted molar refractivity (Wildman–Crippen MR) is 134 cm³/mol. The maximum absolute atomic E-state index is 12.6. The van der Waals surface area contributed by atoms with Crippen LogP contribution >= 0.6 is 11.8 Å². The number of hydrogen-bond acceptors (Lipinski definition) is 7. The first kappa shape index (κ1) is 25.7. The van der Waals surface area contributed by atoms with Gasteiger partial charge in [-0.3, -0.25) is 9.59 Å². The van der Waals surface area contributed by atoms with Gasteiger partial charge in [0.2, 0.25) is 5.91 Å². The van der Waals surface area contributed by atoms with Crippen LogP contribution < -0.4 is 10.6 Å². The molecule has 0 bridgehead atoms. The van der Waals surface area contributed by atoms with Gasteiger partial charge in [0.1, 0.15) is 0 Å². The van der Waals surface area contributed by atoms with Gasteiger partial charge in [0.25, 0.3) is 5.91 Å². The Balaban J connectivity index is 1.65. The first-order valence-corrected chi connectivity index (χ1v) is 11.8. The summed E-state index contributed by atoms with van der Waals surface area (Å²) < 4.78 is 6.51. The number of anilines is 1. The molecule has 35 heavy (non-hydrogen) atoms. The van der Waals surface area contributed by atoms with Crippen LogP contribution in [0.4, 0.5) is 5.69 Å². The maximum Gasteiger partial charge on any atom is 0.337 e. The van der Waals surface area contributed by atoms with E-state index in [1.165, 1.54) is 18.9 Å². The van der Waals surface area contributed by atoms with Crippen molar-refractivity contribution in [3.8, 4) is 0 Å². The van der Waals surface area contributed by atoms with Gasteiger partial charge in [-0.2, -0.15) is 0 Å². The lowest BCUT2D eigenvalue weighted by Crippen LogP contribution is -2.28. The number of nitrogens with zero attached hydrogens (tertiary/aromatic N) is 3. The van der Waals surface area contributed by atoms with E-state index in [1.807, 2.05) is 30.5 Å². The summed E-state index contributed by atoms with van der Waals surface area (Å²) in [5.74, 6) is -0.342. The number of ether oxygens (including phenoxy) is 1. The van der Waals surface area contributed by atoms with Gasteiger partial charge in [-0.05, 0) is 44.2 Å². The molecule has 3 aromatic rings. The summed E-state index contributed by atoms with van der Waals surface area (Å²) in [7, 11) is 1.30. The number of aromatic nitrogens is 3. The minimum Gasteiger partial charge on any atom is -0.465 e. The van der Waals surface area contributed by atoms with Crippen LogP contribution in [0.3, 0.4) is 0 Å². The van der Waals surface area contributed by atoms with Crippen molar-refractivity contribution >= 4 is 35.2 Å². The van der Waals surface area contributed by atoms with E-state index in [-0.39, 0.29) is 17.6 Å². The minimum atomic E-state index is -0.482. The van der Waals surface area contributed by atoms with Gasteiger partial charge >= 0.3 is 5.97 Å². The average Bonchev–Trinajstić information content (AvgIpc) is 3.25. The highest BCUT2D eigenvalue weighted by Gasteiger charge is 2.20. The average molecular weight is 494 g/mol. The SMILES string of the molecule is C=CCn1c(SCC(=O)Nc2cccc(C(=O)OC)c2)nnc1C(C)NC(=O)c1ccc(C)cc1. The molecule has 0 radical (unpaired) electrons. The van der Waals surface area contributed by atoms with Crippen molar-refractivity contribution in [3.63, 3.8) is 0 Å². The second kappa shape index (κ2) is 12.0. The number of thioether (sulfide) groups is 1. The van der Waals surface area contributed by atoms with Crippen molar-refractivity contribution in [2.24, 2.45) is 0 Å². The van der Waals surface area contributed by atoms with Gasteiger partial charge in [0.05, 0.1) is 24.5 Å². The van der Waals surface area contributed by atoms with E-state index >= 15 is 0 Å². The van der Waals surface area contributed by atoms with Crippen LogP contribution in [-0.2, 0) is 16.1 Å². The Morgan fingerprint density at radius 3 is 2.57 bits per heavy atom. The first-order chi connectivity index (χ1) is 16.8. The highest BCUT2D eigenvalue weighted by molar-refractivity contribution is 7.99. The van der Waals surface area contributed by atoms with E-state index in [1.54, 1.807) is 42.5 Å². The Morgan fingerprint density at radius 2 is 1.89 bits per heavy atom. The zero-order valence-electron chi connectivity index (χ0n) is 19.8. The first-order valence-electron chi connectivity index (χ1n) is 10.8. The summed E-state index contributed by atoms with van der Waals surface area (Å²) in [6, 6.07) is 13.4. The number of methoxy groups -OCH3 is 1. The Morgan fingerprint density at radius 1 is 1.14 bits per heavy atom. The molecule has 0 fully saturated rings. The lowest BCUT2D eigenvalue weighted by atomic mass is 10.1. The monoisotopic (exact) mass is 493 g/mol. The molecule has 3 rings (SSSR count). The van der Waals surface area contributed by atoms with Crippen molar-refractivity contribution in [1.29, 1.82) is 0 Å². The molecule has 0 aliphatic heterocycles. The number of rotatable bonds is 10. The molecule has 0 aliphatic carbocycles. The molecule has 182 valence electrons. The summed E-state index contributed by atoms with van der Waals surface area (Å²) in [6.07, 6.45) is 1.70. The molecule has 1 aromatic heterocycles. The third-order valence-electron chi connectivity index (χ3n) is 5.01. The van der Waals surface area contributed by atoms with E-state index in [2.05, 4.69) is 27.4 Å². The number of nitrogens with one attached hydrogen (secondary N) is 2. The normalized spacial score (nSPS) is 11.4. The number of carbonyl (C=O) groups excluding carboxylic acids is 3. The second-order valence-corrected chi connectivity index (χ2v) is 8.65. The molecule has 2 aromatic carbocycles. The summed E-state index contributed by atoms with van der Waals surface area (Å²) in [6.45, 7) is 7.98. The van der Waals surface area contributed by atoms with Crippen molar-refractivity contribution in [1.82, 2.24) is 20.1 Å². The molecule has 1 unspecified atom stereocenters. The smallest absolute Gasteiger partial charge is 0.337 e. The van der Waals surface area contributed by atoms with E-state index in [0.29, 0.717) is 34.3 Å². The number of hydrogen-bond donors (Lipinski definition) is 2. The van der Waals surface area contributed by atoms with Gasteiger partial charge < -0.3 is 19.9 Å². The van der Waals surface area contributed by atoms with Gasteiger partial charge in [0, 0.05) is 17.8 Å². The zero-order chi connectivity index (χ0) is 25.4. The Hall–Kier alpha value is -3.92. The Bertz CT molecular complexity index is 1220. The number of esters is 1. The molecule has 1 atom stereocenters. The number of carbonyl (C=O) groups is 3. The fourth-order valence-corrected chi connectivity index (χ4v) is 4.00. The molecular formula is C25H27N5O4S. The number of benzene rings is 2. The van der Waals surface area contributed by atoms with E-state index < -0.39 is 12.0 Å². The quantitative estimate of drug-likeness (QED) is 0.251. The standard InChI is InChI=1S/C25H27N5O4S/c1-5-13-30-22(17(3)26-23(32)18-11-9-16(2)10-12-18)28-29-25(30)35-15-21(31)27-20-8-6-7-19(14-20)24(33)34-4/h5-12,14,17H,1,13,15H2,2-4H3,(H,26,32)(H,27,31). The molecule has 2 amide bonds. The minimum absolute atomic E-state index is 0.0713. The summed E-state index contributed by atoms with van der Waals surface area (Å²) in [4.78, 5) is 36.8. The third-order valence-corrected chi connectivity index (χ3v) is 5.97. The van der Waals surface area contributed by atoms with Crippen LogP contribution in [0.5, 0.6) is 0 Å². The summed E-state index contributed by atoms with van der Waals surface area (Å²) in [5.41, 5.74) is 2.45. The molecule has 0 saturated heterocycles. The van der Waals surface area contributed by atoms with Gasteiger partial charge in [-0.25, -0.2) is 4.79 Å². The van der Waals surface area contributed by atoms with E-state index in [4.69, 9.17) is 4.74 Å². The van der Waals surface area contributed by atoms with Crippen molar-refractivity contribution in [2.75, 3.05) is 18.2 Å². The fourth-order valence-electron chi connectivity index (χ4n) is 3.25. The topological polar surface area (TPSA) is 115 Å². The number of allylic oxidation sites excluding steroid dienone is 1. The number of aryl methyl sites for hydroxylation is 1. The molecular weight excluding hydrogens is 466 g/mol. The largest absolute Gasteiger partial charge is 0.465 e. The van der Waals surface area contributed by atoms with Crippen LogP contribution in [-0.4, -0.2) is 45.4 Å². The molecule has 10 heteroatoms. The van der Waals surface area contributed by atoms with Crippen LogP contribution in [0.2, 0.25) is 0 Å². The number of amides is 2. The van der Waals surface area contributed by atoms with E-state index in [9.17, 15) is 14.4 Å². The van der Waals surface area contributed by atoms with Gasteiger partial charge in [0.15, 0.2) is 11.0 Å². The highest BCUT2D eigenvalue weighted by Crippen LogP contribution is 2.22. The molecule has 2 N–H and O–H groups in total. The zero-order valence-corrected chi connectivity index (χ0v) is 20.6. The summed E-state index contributed by atoms with van der Waals surface area (Å²) in [5, 5.41) is 14.7. The molecule has 0 spiro atoms. The maximum atomic E-state index is 12.6. The Kier molecular flexibility index (Phi) is 8.80. The molecule has 1 heterocycles. The summed E-state index contributed by atoms with van der Waals surface area (Å²) >= 11 is 1.21. The van der Waals surface area contributed by atoms with E-state index in [0.717, 1.165) is 5.56 Å². The van der Waals surface area contributed by atoms with Gasteiger partial charge in [-0.15, -0.1) is 16.8 Å². The van der Waals surface area contributed by atoms with Crippen LogP contribution in [0.25, 0.3) is 0 Å². The van der Waals surface area contributed by atoms with Crippen LogP contribution in [0.15, 0.2) is 66.3 Å². The van der Waals surface area contributed by atoms with Crippen LogP contribution in [0, 0.1) is 6.92 Å². The molecule has 9 nitrogen and oxygen atoms in total. The van der Waals surface area contributed by atoms with Crippen molar-refractivity contribution in [2.45, 2.75) is 31.6 Å². The van der Waals surface area contributed by atoms with Crippen molar-refractivity contribution < 1.29 is 19.1 Å². The second-order valence-electron chi connectivity index (χ2n) is 7.71. The van der Waals surface area contributed by atoms with Gasteiger partial charge in [-0.1, -0.05) is 41.6 Å². The lowest BCUT2D eigenvalue weighted by molar-refractivity contribution is -0.113. The van der Waals surface area contributed by atoms with Crippen molar-refractivity contribution in [3.05, 3.63) is 83.7 Å². The fraction of sp³-hybridized carbons (Fsp3) is 0.240.